The van der Waals surface area contributed by atoms with Crippen molar-refractivity contribution in [2.75, 3.05) is 11.9 Å². The Morgan fingerprint density at radius 2 is 1.83 bits per heavy atom. The van der Waals surface area contributed by atoms with Gasteiger partial charge in [0.1, 0.15) is 6.61 Å². The highest BCUT2D eigenvalue weighted by Crippen LogP contribution is 2.36. The molecule has 0 aromatic heterocycles. The number of ether oxygens (including phenoxy) is 3. The number of aliphatic imine (C=N–C) groups is 1. The first kappa shape index (κ1) is 25.9. The van der Waals surface area contributed by atoms with Gasteiger partial charge in [0.2, 0.25) is 11.8 Å². The molecule has 0 spiro atoms. The molecular formula is C27H22BrIN2O5. The molecule has 0 saturated carbocycles. The molecule has 0 aliphatic carbocycles. The Hall–Kier alpha value is -3.18. The van der Waals surface area contributed by atoms with E-state index in [4.69, 9.17) is 14.2 Å². The number of hydrogen-bond donors (Lipinski definition) is 1. The first-order valence-electron chi connectivity index (χ1n) is 11.1. The van der Waals surface area contributed by atoms with E-state index in [-0.39, 0.29) is 17.5 Å². The number of esters is 1. The summed E-state index contributed by atoms with van der Waals surface area (Å²) in [7, 11) is 0. The third-order valence-electron chi connectivity index (χ3n) is 5.00. The lowest BCUT2D eigenvalue weighted by atomic mass is 10.1. The Labute approximate surface area is 230 Å². The summed E-state index contributed by atoms with van der Waals surface area (Å²) < 4.78 is 19.1. The van der Waals surface area contributed by atoms with Gasteiger partial charge in [0, 0.05) is 22.6 Å². The minimum atomic E-state index is -0.542. The van der Waals surface area contributed by atoms with Crippen LogP contribution in [0.4, 0.5) is 5.69 Å². The molecule has 184 valence electrons. The van der Waals surface area contributed by atoms with Gasteiger partial charge in [0.15, 0.2) is 17.2 Å². The van der Waals surface area contributed by atoms with E-state index in [0.29, 0.717) is 36.0 Å². The molecular weight excluding hydrogens is 639 g/mol. The van der Waals surface area contributed by atoms with Crippen LogP contribution in [0.15, 0.2) is 75.8 Å². The summed E-state index contributed by atoms with van der Waals surface area (Å²) in [6.45, 7) is 4.19. The first-order chi connectivity index (χ1) is 17.3. The van der Waals surface area contributed by atoms with Crippen LogP contribution in [0.5, 0.6) is 11.5 Å². The Balaban J connectivity index is 1.56. The fraction of sp³-hybridized carbons (Fsp3) is 0.148. The number of benzene rings is 3. The van der Waals surface area contributed by atoms with Gasteiger partial charge in [0.05, 0.1) is 10.2 Å². The standard InChI is InChI=1S/C27H22BrIN2O5/c1-3-34-24-14-18(12-22(29)25(24)35-15-17-4-8-20(28)9-5-17)13-23-27(33)36-26(31-23)19-6-10-21(11-7-19)30-16(2)32/h4-14H,3,15H2,1-2H3,(H,30,32)/b23-13-. The summed E-state index contributed by atoms with van der Waals surface area (Å²) >= 11 is 5.63. The second-order valence-electron chi connectivity index (χ2n) is 7.77. The number of cyclic esters (lactones) is 1. The summed E-state index contributed by atoms with van der Waals surface area (Å²) in [5.41, 5.74) is 3.22. The average Bonchev–Trinajstić information content (AvgIpc) is 3.20. The van der Waals surface area contributed by atoms with Crippen molar-refractivity contribution in [1.82, 2.24) is 0 Å². The Morgan fingerprint density at radius 3 is 2.50 bits per heavy atom. The van der Waals surface area contributed by atoms with E-state index in [1.165, 1.54) is 6.92 Å². The molecule has 0 radical (unpaired) electrons. The number of hydrogen-bond acceptors (Lipinski definition) is 6. The smallest absolute Gasteiger partial charge is 0.363 e. The van der Waals surface area contributed by atoms with E-state index >= 15 is 0 Å². The van der Waals surface area contributed by atoms with Crippen LogP contribution in [0.3, 0.4) is 0 Å². The molecule has 0 atom stereocenters. The summed E-state index contributed by atoms with van der Waals surface area (Å²) in [5.74, 6) is 0.718. The van der Waals surface area contributed by atoms with Gasteiger partial charge >= 0.3 is 5.97 Å². The van der Waals surface area contributed by atoms with Crippen LogP contribution in [0.25, 0.3) is 6.08 Å². The highest BCUT2D eigenvalue weighted by Gasteiger charge is 2.24. The molecule has 3 aromatic rings. The fourth-order valence-electron chi connectivity index (χ4n) is 3.40. The molecule has 0 fully saturated rings. The number of carbonyl (C=O) groups excluding carboxylic acids is 2. The third kappa shape index (κ3) is 6.52. The minimum absolute atomic E-state index is 0.164. The lowest BCUT2D eigenvalue weighted by Gasteiger charge is -2.15. The fourth-order valence-corrected chi connectivity index (χ4v) is 4.45. The highest BCUT2D eigenvalue weighted by molar-refractivity contribution is 14.1. The molecule has 0 saturated heterocycles. The van der Waals surface area contributed by atoms with Crippen molar-refractivity contribution in [2.45, 2.75) is 20.5 Å². The Morgan fingerprint density at radius 1 is 1.11 bits per heavy atom. The van der Waals surface area contributed by atoms with Gasteiger partial charge in [-0.1, -0.05) is 28.1 Å². The van der Waals surface area contributed by atoms with Crippen LogP contribution in [-0.4, -0.2) is 24.4 Å². The first-order valence-corrected chi connectivity index (χ1v) is 12.9. The molecule has 0 bridgehead atoms. The Bertz CT molecular complexity index is 1350. The van der Waals surface area contributed by atoms with Gasteiger partial charge < -0.3 is 19.5 Å². The number of rotatable bonds is 8. The molecule has 7 nitrogen and oxygen atoms in total. The minimum Gasteiger partial charge on any atom is -0.490 e. The number of amides is 1. The molecule has 4 rings (SSSR count). The Kier molecular flexibility index (Phi) is 8.42. The molecule has 1 amide bonds. The maximum Gasteiger partial charge on any atom is 0.363 e. The largest absolute Gasteiger partial charge is 0.490 e. The summed E-state index contributed by atoms with van der Waals surface area (Å²) in [5, 5.41) is 2.70. The number of carbonyl (C=O) groups is 2. The van der Waals surface area contributed by atoms with Crippen molar-refractivity contribution in [1.29, 1.82) is 0 Å². The van der Waals surface area contributed by atoms with Gasteiger partial charge in [-0.25, -0.2) is 9.79 Å². The molecule has 1 aliphatic heterocycles. The molecule has 1 aliphatic rings. The molecule has 1 N–H and O–H groups in total. The van der Waals surface area contributed by atoms with Gasteiger partial charge in [-0.2, -0.15) is 0 Å². The van der Waals surface area contributed by atoms with Gasteiger partial charge in [0.25, 0.3) is 0 Å². The van der Waals surface area contributed by atoms with Crippen molar-refractivity contribution in [2.24, 2.45) is 4.99 Å². The topological polar surface area (TPSA) is 86.2 Å². The SMILES string of the molecule is CCOc1cc(/C=C2\N=C(c3ccc(NC(C)=O)cc3)OC2=O)cc(I)c1OCc1ccc(Br)cc1. The zero-order chi connectivity index (χ0) is 25.7. The van der Waals surface area contributed by atoms with E-state index in [1.807, 2.05) is 43.3 Å². The zero-order valence-electron chi connectivity index (χ0n) is 19.5. The van der Waals surface area contributed by atoms with Crippen LogP contribution in [0.2, 0.25) is 0 Å². The van der Waals surface area contributed by atoms with Crippen LogP contribution in [-0.2, 0) is 20.9 Å². The van der Waals surface area contributed by atoms with Crippen LogP contribution >= 0.6 is 38.5 Å². The van der Waals surface area contributed by atoms with Crippen LogP contribution in [0, 0.1) is 3.57 Å². The van der Waals surface area contributed by atoms with E-state index in [9.17, 15) is 9.59 Å². The molecule has 1 heterocycles. The van der Waals surface area contributed by atoms with Crippen molar-refractivity contribution in [3.8, 4) is 11.5 Å². The quantitative estimate of drug-likeness (QED) is 0.173. The van der Waals surface area contributed by atoms with Crippen molar-refractivity contribution in [3.63, 3.8) is 0 Å². The predicted molar refractivity (Wildman–Crippen MR) is 150 cm³/mol. The molecule has 0 unspecified atom stereocenters. The van der Waals surface area contributed by atoms with Crippen molar-refractivity contribution >= 4 is 68.1 Å². The van der Waals surface area contributed by atoms with Gasteiger partial charge in [-0.3, -0.25) is 4.79 Å². The van der Waals surface area contributed by atoms with E-state index in [1.54, 1.807) is 30.3 Å². The van der Waals surface area contributed by atoms with Crippen LogP contribution in [0.1, 0.15) is 30.5 Å². The lowest BCUT2D eigenvalue weighted by molar-refractivity contribution is -0.129. The van der Waals surface area contributed by atoms with Crippen LogP contribution < -0.4 is 14.8 Å². The molecule has 36 heavy (non-hydrogen) atoms. The summed E-state index contributed by atoms with van der Waals surface area (Å²) in [4.78, 5) is 28.1. The maximum atomic E-state index is 12.5. The van der Waals surface area contributed by atoms with Crippen molar-refractivity contribution < 1.29 is 23.8 Å². The number of nitrogens with zero attached hydrogens (tertiary/aromatic N) is 1. The summed E-state index contributed by atoms with van der Waals surface area (Å²) in [6, 6.07) is 18.5. The van der Waals surface area contributed by atoms with E-state index in [0.717, 1.165) is 19.2 Å². The zero-order valence-corrected chi connectivity index (χ0v) is 23.3. The summed E-state index contributed by atoms with van der Waals surface area (Å²) in [6.07, 6.45) is 1.66. The third-order valence-corrected chi connectivity index (χ3v) is 6.33. The maximum absolute atomic E-state index is 12.5. The predicted octanol–water partition coefficient (Wildman–Crippen LogP) is 6.33. The second-order valence-corrected chi connectivity index (χ2v) is 9.85. The number of halogens is 2. The van der Waals surface area contributed by atoms with Gasteiger partial charge in [-0.05, 0) is 95.2 Å². The average molecular weight is 661 g/mol. The van der Waals surface area contributed by atoms with Gasteiger partial charge in [-0.15, -0.1) is 0 Å². The number of anilines is 1. The number of nitrogens with one attached hydrogen (secondary N) is 1. The molecule has 9 heteroatoms. The van der Waals surface area contributed by atoms with E-state index in [2.05, 4.69) is 48.8 Å². The van der Waals surface area contributed by atoms with E-state index < -0.39 is 5.97 Å². The lowest BCUT2D eigenvalue weighted by Crippen LogP contribution is -2.07. The second kappa shape index (κ2) is 11.7. The van der Waals surface area contributed by atoms with Crippen molar-refractivity contribution in [3.05, 3.63) is 91.1 Å². The highest BCUT2D eigenvalue weighted by atomic mass is 127. The monoisotopic (exact) mass is 660 g/mol. The normalized spacial score (nSPS) is 13.8. The molecule has 3 aromatic carbocycles.